The number of carbonyl (C=O) groups is 1. The quantitative estimate of drug-likeness (QED) is 0.536. The minimum absolute atomic E-state index is 0.135. The summed E-state index contributed by atoms with van der Waals surface area (Å²) in [5, 5.41) is 0.226. The van der Waals surface area contributed by atoms with Gasteiger partial charge in [0.1, 0.15) is 0 Å². The molecule has 2 bridgehead atoms. The Bertz CT molecular complexity index is 540. The molecule has 2 nitrogen and oxygen atoms in total. The number of rotatable bonds is 2. The zero-order chi connectivity index (χ0) is 16.3. The third-order valence-electron chi connectivity index (χ3n) is 6.83. The zero-order valence-electron chi connectivity index (χ0n) is 14.7. The van der Waals surface area contributed by atoms with Gasteiger partial charge in [0, 0.05) is 11.3 Å². The average Bonchev–Trinajstić information content (AvgIpc) is 2.67. The minimum Gasteiger partial charge on any atom is -0.413 e. The molecular formula is C19H30O2Si. The lowest BCUT2D eigenvalue weighted by atomic mass is 9.61. The first-order valence-corrected chi connectivity index (χ1v) is 11.5. The molecule has 0 amide bonds. The van der Waals surface area contributed by atoms with Crippen LogP contribution in [0.15, 0.2) is 24.3 Å². The summed E-state index contributed by atoms with van der Waals surface area (Å²) in [5.74, 6) is 1.19. The Hall–Kier alpha value is -0.673. The lowest BCUT2D eigenvalue weighted by Crippen LogP contribution is -2.50. The van der Waals surface area contributed by atoms with Crippen LogP contribution in [0.2, 0.25) is 18.1 Å². The van der Waals surface area contributed by atoms with Crippen LogP contribution in [0.25, 0.3) is 0 Å². The van der Waals surface area contributed by atoms with E-state index in [1.54, 1.807) is 0 Å². The Morgan fingerprint density at radius 1 is 1.36 bits per heavy atom. The van der Waals surface area contributed by atoms with E-state index in [4.69, 9.17) is 4.43 Å². The van der Waals surface area contributed by atoms with Gasteiger partial charge >= 0.3 is 0 Å². The molecule has 0 heterocycles. The molecule has 2 saturated carbocycles. The molecule has 3 aliphatic carbocycles. The summed E-state index contributed by atoms with van der Waals surface area (Å²) in [7, 11) is -1.78. The number of ketones is 1. The van der Waals surface area contributed by atoms with Crippen LogP contribution in [0.5, 0.6) is 0 Å². The maximum atomic E-state index is 12.5. The van der Waals surface area contributed by atoms with Crippen LogP contribution in [0.4, 0.5) is 0 Å². The Labute approximate surface area is 136 Å². The van der Waals surface area contributed by atoms with Crippen LogP contribution in [0.3, 0.4) is 0 Å². The van der Waals surface area contributed by atoms with Gasteiger partial charge in [0.25, 0.3) is 0 Å². The van der Waals surface area contributed by atoms with E-state index in [1.165, 1.54) is 5.57 Å². The smallest absolute Gasteiger partial charge is 0.192 e. The SMILES string of the molecule is C=C1C[C@]23C[C@H]1[C@H](O[Si](C)(C)C(C)(C)C)C[C@H]2CC=CC3=O. The first-order chi connectivity index (χ1) is 10.1. The Balaban J connectivity index is 1.87. The highest BCUT2D eigenvalue weighted by molar-refractivity contribution is 6.74. The van der Waals surface area contributed by atoms with E-state index in [0.29, 0.717) is 17.6 Å². The Morgan fingerprint density at radius 3 is 2.68 bits per heavy atom. The van der Waals surface area contributed by atoms with Crippen molar-refractivity contribution < 1.29 is 9.22 Å². The summed E-state index contributed by atoms with van der Waals surface area (Å²) in [4.78, 5) is 12.5. The third-order valence-corrected chi connectivity index (χ3v) is 11.3. The summed E-state index contributed by atoms with van der Waals surface area (Å²) in [6.45, 7) is 15.9. The van der Waals surface area contributed by atoms with Crippen molar-refractivity contribution in [1.29, 1.82) is 0 Å². The van der Waals surface area contributed by atoms with Gasteiger partial charge in [-0.1, -0.05) is 39.0 Å². The molecule has 3 rings (SSSR count). The van der Waals surface area contributed by atoms with Gasteiger partial charge in [0.05, 0.1) is 6.10 Å². The third kappa shape index (κ3) is 2.28. The van der Waals surface area contributed by atoms with E-state index in [0.717, 1.165) is 25.7 Å². The van der Waals surface area contributed by atoms with E-state index in [1.807, 2.05) is 6.08 Å². The fourth-order valence-electron chi connectivity index (χ4n) is 4.42. The van der Waals surface area contributed by atoms with E-state index in [2.05, 4.69) is 46.5 Å². The van der Waals surface area contributed by atoms with Crippen molar-refractivity contribution in [2.45, 2.75) is 70.7 Å². The second-order valence-electron chi connectivity index (χ2n) is 9.15. The van der Waals surface area contributed by atoms with Crippen LogP contribution in [0.1, 0.15) is 46.5 Å². The second kappa shape index (κ2) is 4.91. The average molecular weight is 319 g/mol. The van der Waals surface area contributed by atoms with Gasteiger partial charge in [0.2, 0.25) is 0 Å². The monoisotopic (exact) mass is 318 g/mol. The molecule has 0 aliphatic heterocycles. The predicted molar refractivity (Wildman–Crippen MR) is 93.2 cm³/mol. The number of carbonyl (C=O) groups excluding carboxylic acids is 1. The molecule has 3 heteroatoms. The Morgan fingerprint density at radius 2 is 2.05 bits per heavy atom. The van der Waals surface area contributed by atoms with Gasteiger partial charge in [0.15, 0.2) is 14.1 Å². The predicted octanol–water partition coefficient (Wildman–Crippen LogP) is 4.88. The first kappa shape index (κ1) is 16.2. The highest BCUT2D eigenvalue weighted by atomic mass is 28.4. The van der Waals surface area contributed by atoms with Crippen molar-refractivity contribution >= 4 is 14.1 Å². The van der Waals surface area contributed by atoms with Crippen LogP contribution in [-0.2, 0) is 9.22 Å². The highest BCUT2D eigenvalue weighted by Gasteiger charge is 2.58. The lowest BCUT2D eigenvalue weighted by molar-refractivity contribution is -0.130. The first-order valence-electron chi connectivity index (χ1n) is 8.63. The standard InChI is InChI=1S/C19H30O2Si/c1-13-11-19-12-15(13)16(21-22(5,6)18(2,3)4)10-14(19)8-7-9-17(19)20/h7,9,14-16H,1,8,10-12H2,2-6H3/t14-,15-,16-,19+/m1/s1. The fraction of sp³-hybridized carbons (Fsp3) is 0.737. The molecule has 3 aliphatic rings. The van der Waals surface area contributed by atoms with Gasteiger partial charge in [-0.3, -0.25) is 4.79 Å². The van der Waals surface area contributed by atoms with Crippen LogP contribution < -0.4 is 0 Å². The molecule has 0 radical (unpaired) electrons. The number of hydrogen-bond acceptors (Lipinski definition) is 2. The van der Waals surface area contributed by atoms with Gasteiger partial charge in [-0.2, -0.15) is 0 Å². The van der Waals surface area contributed by atoms with Gasteiger partial charge < -0.3 is 4.43 Å². The highest BCUT2D eigenvalue weighted by Crippen LogP contribution is 2.60. The maximum absolute atomic E-state index is 12.5. The molecule has 0 aromatic heterocycles. The van der Waals surface area contributed by atoms with Crippen molar-refractivity contribution in [1.82, 2.24) is 0 Å². The molecule has 4 atom stereocenters. The molecule has 0 aromatic carbocycles. The van der Waals surface area contributed by atoms with Gasteiger partial charge in [-0.15, -0.1) is 0 Å². The molecule has 0 aromatic rings. The molecule has 0 saturated heterocycles. The molecular weight excluding hydrogens is 288 g/mol. The maximum Gasteiger partial charge on any atom is 0.192 e. The van der Waals surface area contributed by atoms with E-state index < -0.39 is 8.32 Å². The van der Waals surface area contributed by atoms with Crippen molar-refractivity contribution in [2.75, 3.05) is 0 Å². The fourth-order valence-corrected chi connectivity index (χ4v) is 5.79. The summed E-state index contributed by atoms with van der Waals surface area (Å²) in [6, 6.07) is 0. The van der Waals surface area contributed by atoms with Crippen molar-refractivity contribution in [3.8, 4) is 0 Å². The van der Waals surface area contributed by atoms with Crippen molar-refractivity contribution in [3.63, 3.8) is 0 Å². The topological polar surface area (TPSA) is 26.3 Å². The zero-order valence-corrected chi connectivity index (χ0v) is 15.7. The summed E-state index contributed by atoms with van der Waals surface area (Å²) >= 11 is 0. The molecule has 2 fully saturated rings. The molecule has 0 N–H and O–H groups in total. The molecule has 22 heavy (non-hydrogen) atoms. The molecule has 122 valence electrons. The van der Waals surface area contributed by atoms with E-state index >= 15 is 0 Å². The van der Waals surface area contributed by atoms with Crippen molar-refractivity contribution in [3.05, 3.63) is 24.3 Å². The van der Waals surface area contributed by atoms with Gasteiger partial charge in [-0.25, -0.2) is 0 Å². The summed E-state index contributed by atoms with van der Waals surface area (Å²) in [6.07, 6.45) is 8.09. The largest absolute Gasteiger partial charge is 0.413 e. The number of hydrogen-bond donors (Lipinski definition) is 0. The number of fused-ring (bicyclic) bond motifs is 1. The normalized spacial score (nSPS) is 38.3. The lowest BCUT2D eigenvalue weighted by Gasteiger charge is -2.47. The molecule has 1 spiro atoms. The van der Waals surface area contributed by atoms with Gasteiger partial charge in [-0.05, 0) is 55.8 Å². The van der Waals surface area contributed by atoms with E-state index in [-0.39, 0.29) is 16.6 Å². The van der Waals surface area contributed by atoms with Crippen molar-refractivity contribution in [2.24, 2.45) is 17.3 Å². The van der Waals surface area contributed by atoms with Crippen LogP contribution in [-0.4, -0.2) is 20.2 Å². The molecule has 0 unspecified atom stereocenters. The van der Waals surface area contributed by atoms with Crippen LogP contribution >= 0.6 is 0 Å². The number of allylic oxidation sites excluding steroid dienone is 2. The minimum atomic E-state index is -1.78. The summed E-state index contributed by atoms with van der Waals surface area (Å²) < 4.78 is 6.77. The summed E-state index contributed by atoms with van der Waals surface area (Å²) in [5.41, 5.74) is 1.12. The second-order valence-corrected chi connectivity index (χ2v) is 13.9. The Kier molecular flexibility index (Phi) is 3.61. The van der Waals surface area contributed by atoms with E-state index in [9.17, 15) is 4.79 Å². The van der Waals surface area contributed by atoms with Crippen LogP contribution in [0, 0.1) is 17.3 Å².